The van der Waals surface area contributed by atoms with Crippen molar-refractivity contribution in [2.24, 2.45) is 7.05 Å². The maximum Gasteiger partial charge on any atom is 0.265 e. The third kappa shape index (κ3) is 5.49. The molecule has 3 aromatic rings. The van der Waals surface area contributed by atoms with Crippen LogP contribution in [-0.4, -0.2) is 48.2 Å². The van der Waals surface area contributed by atoms with E-state index in [1.807, 2.05) is 37.3 Å². The minimum atomic E-state index is -0.370. The van der Waals surface area contributed by atoms with Gasteiger partial charge in [0.2, 0.25) is 0 Å². The second kappa shape index (κ2) is 11.3. The lowest BCUT2D eigenvalue weighted by atomic mass is 9.98. The van der Waals surface area contributed by atoms with Crippen LogP contribution >= 0.6 is 0 Å². The van der Waals surface area contributed by atoms with E-state index in [-0.39, 0.29) is 22.9 Å². The Hall–Kier alpha value is -3.39. The Bertz CT molecular complexity index is 1350. The molecule has 4 rings (SSSR count). The highest BCUT2D eigenvalue weighted by atomic mass is 16.5. The molecule has 2 aromatic heterocycles. The van der Waals surface area contributed by atoms with Crippen LogP contribution in [0, 0.1) is 6.92 Å². The number of methoxy groups -OCH3 is 1. The van der Waals surface area contributed by atoms with Gasteiger partial charge in [-0.3, -0.25) is 14.6 Å². The number of ether oxygens (including phenoxy) is 1. The van der Waals surface area contributed by atoms with Crippen molar-refractivity contribution in [3.8, 4) is 5.75 Å². The normalized spacial score (nSPS) is 16.9. The zero-order valence-corrected chi connectivity index (χ0v) is 22.9. The van der Waals surface area contributed by atoms with E-state index in [4.69, 9.17) is 9.72 Å². The number of rotatable bonds is 7. The van der Waals surface area contributed by atoms with E-state index < -0.39 is 0 Å². The second-order valence-corrected chi connectivity index (χ2v) is 10.1. The van der Waals surface area contributed by atoms with Crippen molar-refractivity contribution in [2.45, 2.75) is 59.0 Å². The molecule has 0 saturated carbocycles. The summed E-state index contributed by atoms with van der Waals surface area (Å²) in [7, 11) is 3.37. The van der Waals surface area contributed by atoms with Gasteiger partial charge in [-0.25, -0.2) is 0 Å². The number of fused-ring (bicyclic) bond motifs is 1. The number of amides is 1. The SMILES string of the molecule is CCC(C)c1nc(C)cc2c(N3CCN[C@@H](C)CC3)c(C(=O)NCc3cccc(OC)c3)c(=O)n(C)c12. The summed E-state index contributed by atoms with van der Waals surface area (Å²) in [6.07, 6.45) is 1.83. The van der Waals surface area contributed by atoms with Crippen molar-refractivity contribution in [3.05, 3.63) is 63.2 Å². The molecule has 0 spiro atoms. The molecule has 1 aromatic carbocycles. The molecule has 3 heterocycles. The van der Waals surface area contributed by atoms with Gasteiger partial charge in [-0.15, -0.1) is 0 Å². The minimum absolute atomic E-state index is 0.180. The summed E-state index contributed by atoms with van der Waals surface area (Å²) in [5.41, 5.74) is 4.11. The van der Waals surface area contributed by atoms with E-state index in [1.165, 1.54) is 0 Å². The minimum Gasteiger partial charge on any atom is -0.497 e. The fourth-order valence-corrected chi connectivity index (χ4v) is 5.08. The molecule has 1 fully saturated rings. The Balaban J connectivity index is 1.89. The van der Waals surface area contributed by atoms with Crippen LogP contribution in [0.2, 0.25) is 0 Å². The number of aromatic nitrogens is 2. The molecule has 0 bridgehead atoms. The maximum absolute atomic E-state index is 13.9. The third-order valence-corrected chi connectivity index (χ3v) is 7.41. The lowest BCUT2D eigenvalue weighted by Crippen LogP contribution is -2.38. The van der Waals surface area contributed by atoms with Gasteiger partial charge in [0.15, 0.2) is 0 Å². The number of carbonyl (C=O) groups excluding carboxylic acids is 1. The molecule has 2 N–H and O–H groups in total. The smallest absolute Gasteiger partial charge is 0.265 e. The van der Waals surface area contributed by atoms with Crippen molar-refractivity contribution in [3.63, 3.8) is 0 Å². The number of nitrogens with zero attached hydrogens (tertiary/aromatic N) is 3. The number of benzene rings is 1. The predicted molar refractivity (Wildman–Crippen MR) is 149 cm³/mol. The highest BCUT2D eigenvalue weighted by molar-refractivity contribution is 6.08. The van der Waals surface area contributed by atoms with Crippen LogP contribution in [0.5, 0.6) is 5.75 Å². The van der Waals surface area contributed by atoms with E-state index >= 15 is 0 Å². The summed E-state index contributed by atoms with van der Waals surface area (Å²) in [5, 5.41) is 7.43. The van der Waals surface area contributed by atoms with Crippen molar-refractivity contribution in [1.82, 2.24) is 20.2 Å². The van der Waals surface area contributed by atoms with Gasteiger partial charge in [-0.1, -0.05) is 26.0 Å². The van der Waals surface area contributed by atoms with Crippen molar-refractivity contribution >= 4 is 22.5 Å². The lowest BCUT2D eigenvalue weighted by molar-refractivity contribution is 0.0949. The van der Waals surface area contributed by atoms with E-state index in [0.29, 0.717) is 24.8 Å². The Morgan fingerprint density at radius 1 is 1.30 bits per heavy atom. The Morgan fingerprint density at radius 2 is 2.08 bits per heavy atom. The molecule has 1 aliphatic heterocycles. The molecule has 8 heteroatoms. The van der Waals surface area contributed by atoms with Gasteiger partial charge in [0.05, 0.1) is 24.0 Å². The first-order valence-corrected chi connectivity index (χ1v) is 13.2. The molecule has 8 nitrogen and oxygen atoms in total. The number of carbonyl (C=O) groups is 1. The first-order valence-electron chi connectivity index (χ1n) is 13.2. The molecule has 0 aliphatic carbocycles. The number of pyridine rings is 2. The summed E-state index contributed by atoms with van der Waals surface area (Å²) in [4.78, 5) is 34.7. The van der Waals surface area contributed by atoms with Crippen molar-refractivity contribution in [1.29, 1.82) is 0 Å². The average Bonchev–Trinajstić information content (AvgIpc) is 3.12. The van der Waals surface area contributed by atoms with Gasteiger partial charge in [-0.05, 0) is 50.5 Å². The average molecular weight is 506 g/mol. The third-order valence-electron chi connectivity index (χ3n) is 7.41. The van der Waals surface area contributed by atoms with E-state index in [2.05, 4.69) is 36.3 Å². The summed E-state index contributed by atoms with van der Waals surface area (Å²) in [5.74, 6) is 0.533. The molecule has 1 amide bonds. The van der Waals surface area contributed by atoms with Crippen molar-refractivity contribution in [2.75, 3.05) is 31.6 Å². The number of nitrogens with one attached hydrogen (secondary N) is 2. The highest BCUT2D eigenvalue weighted by Crippen LogP contribution is 2.34. The number of hydrogen-bond donors (Lipinski definition) is 2. The zero-order chi connectivity index (χ0) is 26.7. The van der Waals surface area contributed by atoms with Crippen LogP contribution in [0.15, 0.2) is 35.1 Å². The van der Waals surface area contributed by atoms with Crippen molar-refractivity contribution < 1.29 is 9.53 Å². The molecule has 198 valence electrons. The lowest BCUT2D eigenvalue weighted by Gasteiger charge is -2.28. The highest BCUT2D eigenvalue weighted by Gasteiger charge is 2.28. The van der Waals surface area contributed by atoms with Crippen LogP contribution in [0.25, 0.3) is 10.9 Å². The fourth-order valence-electron chi connectivity index (χ4n) is 5.08. The predicted octanol–water partition coefficient (Wildman–Crippen LogP) is 3.88. The topological polar surface area (TPSA) is 88.5 Å². The van der Waals surface area contributed by atoms with Gasteiger partial charge in [0.1, 0.15) is 11.3 Å². The van der Waals surface area contributed by atoms with E-state index in [1.54, 1.807) is 18.7 Å². The molecule has 1 aliphatic rings. The summed E-state index contributed by atoms with van der Waals surface area (Å²) in [6, 6.07) is 9.95. The van der Waals surface area contributed by atoms with E-state index in [9.17, 15) is 9.59 Å². The van der Waals surface area contributed by atoms with Crippen LogP contribution < -0.4 is 25.8 Å². The Kier molecular flexibility index (Phi) is 8.17. The number of hydrogen-bond acceptors (Lipinski definition) is 6. The monoisotopic (exact) mass is 505 g/mol. The molecular weight excluding hydrogens is 466 g/mol. The summed E-state index contributed by atoms with van der Waals surface area (Å²) in [6.45, 7) is 11.0. The number of aryl methyl sites for hydroxylation is 2. The molecule has 1 unspecified atom stereocenters. The first-order chi connectivity index (χ1) is 17.7. The zero-order valence-electron chi connectivity index (χ0n) is 22.9. The van der Waals surface area contributed by atoms with Gasteiger partial charge in [-0.2, -0.15) is 0 Å². The number of anilines is 1. The molecule has 37 heavy (non-hydrogen) atoms. The molecule has 0 radical (unpaired) electrons. The van der Waals surface area contributed by atoms with Crippen LogP contribution in [0.4, 0.5) is 5.69 Å². The first kappa shape index (κ1) is 26.7. The standard InChI is InChI=1S/C29H39N5O3/c1-7-18(2)25-27-23(15-20(4)32-25)26(34-13-11-19(3)30-12-14-34)24(29(36)33(27)5)28(35)31-17-21-9-8-10-22(16-21)37-6/h8-10,15-16,18-19,30H,7,11-14,17H2,1-6H3,(H,31,35)/t18?,19-/m0/s1. The van der Waals surface area contributed by atoms with Gasteiger partial charge < -0.3 is 24.8 Å². The van der Waals surface area contributed by atoms with E-state index in [0.717, 1.165) is 59.5 Å². The fraction of sp³-hybridized carbons (Fsp3) is 0.483. The Morgan fingerprint density at radius 3 is 2.81 bits per heavy atom. The van der Waals surface area contributed by atoms with Crippen LogP contribution in [0.1, 0.15) is 66.8 Å². The summed E-state index contributed by atoms with van der Waals surface area (Å²) < 4.78 is 6.93. The quantitative estimate of drug-likeness (QED) is 0.507. The molecule has 1 saturated heterocycles. The Labute approximate surface area is 219 Å². The largest absolute Gasteiger partial charge is 0.497 e. The van der Waals surface area contributed by atoms with Gasteiger partial charge in [0.25, 0.3) is 11.5 Å². The second-order valence-electron chi connectivity index (χ2n) is 10.1. The van der Waals surface area contributed by atoms with Gasteiger partial charge in [0, 0.05) is 56.3 Å². The van der Waals surface area contributed by atoms with Crippen LogP contribution in [-0.2, 0) is 13.6 Å². The summed E-state index contributed by atoms with van der Waals surface area (Å²) >= 11 is 0. The van der Waals surface area contributed by atoms with Crippen LogP contribution in [0.3, 0.4) is 0 Å². The maximum atomic E-state index is 13.9. The van der Waals surface area contributed by atoms with Gasteiger partial charge >= 0.3 is 0 Å². The molecule has 2 atom stereocenters. The molecular formula is C29H39N5O3.